The zero-order chi connectivity index (χ0) is 19.2. The molecule has 0 N–H and O–H groups in total. The molecule has 1 aromatic carbocycles. The van der Waals surface area contributed by atoms with Crippen LogP contribution in [-0.2, 0) is 4.79 Å². The van der Waals surface area contributed by atoms with E-state index < -0.39 is 0 Å². The van der Waals surface area contributed by atoms with E-state index in [0.717, 1.165) is 42.3 Å². The van der Waals surface area contributed by atoms with Crippen LogP contribution in [0.3, 0.4) is 0 Å². The summed E-state index contributed by atoms with van der Waals surface area (Å²) in [6.07, 6.45) is 2.18. The maximum Gasteiger partial charge on any atom is 0.232 e. The summed E-state index contributed by atoms with van der Waals surface area (Å²) in [7, 11) is 3.24. The Labute approximate surface area is 164 Å². The lowest BCUT2D eigenvalue weighted by atomic mass is 9.99. The van der Waals surface area contributed by atoms with Crippen molar-refractivity contribution < 1.29 is 14.3 Å². The molecule has 1 aliphatic rings. The Morgan fingerprint density at radius 1 is 1.15 bits per heavy atom. The number of methoxy groups -OCH3 is 2. The summed E-state index contributed by atoms with van der Waals surface area (Å²) < 4.78 is 10.7. The lowest BCUT2D eigenvalue weighted by Crippen LogP contribution is -2.38. The third-order valence-electron chi connectivity index (χ3n) is 4.80. The molecule has 1 aliphatic heterocycles. The molecule has 6 nitrogen and oxygen atoms in total. The normalized spacial score (nSPS) is 14.9. The van der Waals surface area contributed by atoms with Crippen LogP contribution in [0.15, 0.2) is 35.4 Å². The fraction of sp³-hybridized carbons (Fsp3) is 0.450. The van der Waals surface area contributed by atoms with Crippen molar-refractivity contribution in [2.24, 2.45) is 5.92 Å². The van der Waals surface area contributed by atoms with Crippen molar-refractivity contribution in [2.75, 3.05) is 33.1 Å². The van der Waals surface area contributed by atoms with Crippen molar-refractivity contribution in [1.82, 2.24) is 15.1 Å². The summed E-state index contributed by atoms with van der Waals surface area (Å²) in [5.41, 5.74) is 1.52. The van der Waals surface area contributed by atoms with Gasteiger partial charge in [0.05, 0.1) is 25.7 Å². The summed E-state index contributed by atoms with van der Waals surface area (Å²) in [6.45, 7) is 3.96. The van der Waals surface area contributed by atoms with E-state index in [2.05, 4.69) is 17.1 Å². The molecule has 1 saturated heterocycles. The molecular formula is C20H25N3O3S. The lowest BCUT2D eigenvalue weighted by Gasteiger charge is -2.30. The van der Waals surface area contributed by atoms with Crippen LogP contribution >= 0.6 is 11.8 Å². The minimum absolute atomic E-state index is 0.173. The molecule has 1 aromatic heterocycles. The number of nitrogens with zero attached hydrogens (tertiary/aromatic N) is 3. The van der Waals surface area contributed by atoms with Gasteiger partial charge in [-0.05, 0) is 49.1 Å². The number of aromatic nitrogens is 2. The van der Waals surface area contributed by atoms with Crippen molar-refractivity contribution in [1.29, 1.82) is 0 Å². The van der Waals surface area contributed by atoms with Gasteiger partial charge in [0.1, 0.15) is 16.5 Å². The van der Waals surface area contributed by atoms with E-state index in [4.69, 9.17) is 9.47 Å². The molecule has 2 aromatic rings. The highest BCUT2D eigenvalue weighted by molar-refractivity contribution is 7.99. The Balaban J connectivity index is 1.63. The second kappa shape index (κ2) is 9.08. The zero-order valence-electron chi connectivity index (χ0n) is 16.0. The van der Waals surface area contributed by atoms with Crippen molar-refractivity contribution in [3.05, 3.63) is 30.3 Å². The average Bonchev–Trinajstić information content (AvgIpc) is 2.72. The van der Waals surface area contributed by atoms with Gasteiger partial charge >= 0.3 is 0 Å². The second-order valence-corrected chi connectivity index (χ2v) is 7.67. The number of thioether (sulfide) groups is 1. The minimum Gasteiger partial charge on any atom is -0.497 e. The number of amides is 1. The SMILES string of the molecule is COc1ccc(OC)c(-c2ccc(SCC(=O)N3CCC(C)CC3)nn2)c1. The Morgan fingerprint density at radius 2 is 1.93 bits per heavy atom. The van der Waals surface area contributed by atoms with Gasteiger partial charge in [-0.2, -0.15) is 0 Å². The molecule has 1 fully saturated rings. The monoisotopic (exact) mass is 387 g/mol. The van der Waals surface area contributed by atoms with Crippen molar-refractivity contribution >= 4 is 17.7 Å². The molecule has 0 atom stereocenters. The molecule has 7 heteroatoms. The third kappa shape index (κ3) is 4.91. The maximum absolute atomic E-state index is 12.3. The highest BCUT2D eigenvalue weighted by Gasteiger charge is 2.20. The topological polar surface area (TPSA) is 64.6 Å². The fourth-order valence-corrected chi connectivity index (χ4v) is 3.76. The number of hydrogen-bond donors (Lipinski definition) is 0. The first-order chi connectivity index (χ1) is 13.1. The van der Waals surface area contributed by atoms with E-state index in [9.17, 15) is 4.79 Å². The fourth-order valence-electron chi connectivity index (χ4n) is 3.04. The minimum atomic E-state index is 0.173. The first-order valence-electron chi connectivity index (χ1n) is 9.07. The maximum atomic E-state index is 12.3. The third-order valence-corrected chi connectivity index (χ3v) is 5.71. The van der Waals surface area contributed by atoms with Gasteiger partial charge in [0.15, 0.2) is 0 Å². The van der Waals surface area contributed by atoms with Crippen molar-refractivity contribution in [2.45, 2.75) is 24.8 Å². The van der Waals surface area contributed by atoms with E-state index in [1.807, 2.05) is 35.2 Å². The summed E-state index contributed by atoms with van der Waals surface area (Å²) in [5.74, 6) is 2.72. The van der Waals surface area contributed by atoms with Gasteiger partial charge < -0.3 is 14.4 Å². The van der Waals surface area contributed by atoms with Crippen LogP contribution in [-0.4, -0.2) is 54.1 Å². The van der Waals surface area contributed by atoms with Crippen molar-refractivity contribution in [3.8, 4) is 22.8 Å². The predicted octanol–water partition coefficient (Wildman–Crippen LogP) is 3.51. The van der Waals surface area contributed by atoms with Gasteiger partial charge in [-0.1, -0.05) is 18.7 Å². The molecule has 0 unspecified atom stereocenters. The Hall–Kier alpha value is -2.28. The van der Waals surface area contributed by atoms with Crippen LogP contribution in [0, 0.1) is 5.92 Å². The summed E-state index contributed by atoms with van der Waals surface area (Å²) in [4.78, 5) is 14.3. The smallest absolute Gasteiger partial charge is 0.232 e. The molecule has 3 rings (SSSR count). The number of benzene rings is 1. The van der Waals surface area contributed by atoms with Crippen molar-refractivity contribution in [3.63, 3.8) is 0 Å². The molecule has 0 spiro atoms. The summed E-state index contributed by atoms with van der Waals surface area (Å²) >= 11 is 1.42. The molecule has 0 aliphatic carbocycles. The Kier molecular flexibility index (Phi) is 6.55. The average molecular weight is 388 g/mol. The zero-order valence-corrected chi connectivity index (χ0v) is 16.8. The molecule has 144 valence electrons. The first kappa shape index (κ1) is 19.5. The Bertz CT molecular complexity index is 775. The van der Waals surface area contributed by atoms with Gasteiger partial charge in [-0.3, -0.25) is 4.79 Å². The molecule has 1 amide bonds. The van der Waals surface area contributed by atoms with Gasteiger partial charge in [0, 0.05) is 18.7 Å². The van der Waals surface area contributed by atoms with E-state index in [1.54, 1.807) is 14.2 Å². The van der Waals surface area contributed by atoms with Crippen LogP contribution in [0.25, 0.3) is 11.3 Å². The van der Waals surface area contributed by atoms with E-state index in [0.29, 0.717) is 23.1 Å². The molecule has 0 radical (unpaired) electrons. The number of carbonyl (C=O) groups excluding carboxylic acids is 1. The lowest BCUT2D eigenvalue weighted by molar-refractivity contribution is -0.129. The number of likely N-dealkylation sites (tertiary alicyclic amines) is 1. The van der Waals surface area contributed by atoms with Gasteiger partial charge in [-0.15, -0.1) is 10.2 Å². The molecule has 0 bridgehead atoms. The summed E-state index contributed by atoms with van der Waals surface area (Å²) in [5, 5.41) is 9.30. The van der Waals surface area contributed by atoms with Gasteiger partial charge in [0.2, 0.25) is 5.91 Å². The van der Waals surface area contributed by atoms with Gasteiger partial charge in [0.25, 0.3) is 0 Å². The highest BCUT2D eigenvalue weighted by Crippen LogP contribution is 2.32. The summed E-state index contributed by atoms with van der Waals surface area (Å²) in [6, 6.07) is 9.33. The quantitative estimate of drug-likeness (QED) is 0.707. The number of rotatable bonds is 6. The second-order valence-electron chi connectivity index (χ2n) is 6.68. The van der Waals surface area contributed by atoms with Crippen LogP contribution < -0.4 is 9.47 Å². The van der Waals surface area contributed by atoms with Gasteiger partial charge in [-0.25, -0.2) is 0 Å². The van der Waals surface area contributed by atoms with Crippen LogP contribution in [0.5, 0.6) is 11.5 Å². The van der Waals surface area contributed by atoms with E-state index in [-0.39, 0.29) is 5.91 Å². The Morgan fingerprint density at radius 3 is 2.56 bits per heavy atom. The molecule has 0 saturated carbocycles. The van der Waals surface area contributed by atoms with E-state index in [1.165, 1.54) is 11.8 Å². The first-order valence-corrected chi connectivity index (χ1v) is 10.1. The number of piperidine rings is 1. The van der Waals surface area contributed by atoms with Crippen LogP contribution in [0.1, 0.15) is 19.8 Å². The number of carbonyl (C=O) groups is 1. The number of ether oxygens (including phenoxy) is 2. The highest BCUT2D eigenvalue weighted by atomic mass is 32.2. The van der Waals surface area contributed by atoms with E-state index >= 15 is 0 Å². The van der Waals surface area contributed by atoms with Crippen LogP contribution in [0.2, 0.25) is 0 Å². The standard InChI is InChI=1S/C20H25N3O3S/c1-14-8-10-23(11-9-14)20(24)13-27-19-7-5-17(21-22-19)16-12-15(25-2)4-6-18(16)26-3/h4-7,12,14H,8-11,13H2,1-3H3. The molecule has 2 heterocycles. The number of hydrogen-bond acceptors (Lipinski definition) is 6. The molecule has 27 heavy (non-hydrogen) atoms. The predicted molar refractivity (Wildman–Crippen MR) is 106 cm³/mol. The largest absolute Gasteiger partial charge is 0.497 e. The van der Waals surface area contributed by atoms with Crippen LogP contribution in [0.4, 0.5) is 0 Å². The molecular weight excluding hydrogens is 362 g/mol.